The van der Waals surface area contributed by atoms with Crippen LogP contribution < -0.4 is 4.31 Å². The van der Waals surface area contributed by atoms with Crippen LogP contribution in [0.2, 0.25) is 0 Å². The van der Waals surface area contributed by atoms with Gasteiger partial charge in [-0.05, 0) is 42.0 Å². The van der Waals surface area contributed by atoms with Gasteiger partial charge in [-0.15, -0.1) is 6.58 Å². The number of fused-ring (bicyclic) bond motifs is 1. The van der Waals surface area contributed by atoms with Gasteiger partial charge in [0.25, 0.3) is 10.0 Å². The summed E-state index contributed by atoms with van der Waals surface area (Å²) in [5.41, 5.74) is 0.449. The van der Waals surface area contributed by atoms with E-state index in [0.717, 1.165) is 10.8 Å². The van der Waals surface area contributed by atoms with E-state index in [4.69, 9.17) is 4.74 Å². The van der Waals surface area contributed by atoms with E-state index >= 15 is 0 Å². The van der Waals surface area contributed by atoms with Crippen molar-refractivity contribution < 1.29 is 17.9 Å². The molecule has 0 aliphatic heterocycles. The van der Waals surface area contributed by atoms with Crippen LogP contribution in [0.25, 0.3) is 10.8 Å². The Bertz CT molecular complexity index is 1120. The molecule has 0 saturated heterocycles. The lowest BCUT2D eigenvalue weighted by atomic mass is 10.1. The molecule has 0 aliphatic carbocycles. The molecule has 0 aliphatic rings. The highest BCUT2D eigenvalue weighted by atomic mass is 32.2. The molecule has 0 atom stereocenters. The molecule has 3 aromatic carbocycles. The third kappa shape index (κ3) is 3.77. The Morgan fingerprint density at radius 3 is 2.43 bits per heavy atom. The summed E-state index contributed by atoms with van der Waals surface area (Å²) in [6.45, 7) is 5.59. The lowest BCUT2D eigenvalue weighted by molar-refractivity contribution is 0.0527. The Labute approximate surface area is 164 Å². The Morgan fingerprint density at radius 1 is 1.04 bits per heavy atom. The molecule has 3 aromatic rings. The maximum atomic E-state index is 13.4. The Balaban J connectivity index is 2.13. The number of benzene rings is 3. The normalized spacial score (nSPS) is 11.2. The predicted molar refractivity (Wildman–Crippen MR) is 111 cm³/mol. The highest BCUT2D eigenvalue weighted by Crippen LogP contribution is 2.29. The molecule has 6 heteroatoms. The summed E-state index contributed by atoms with van der Waals surface area (Å²) in [7, 11) is -3.92. The van der Waals surface area contributed by atoms with Gasteiger partial charge in [0.2, 0.25) is 0 Å². The Hall–Kier alpha value is -3.12. The molecule has 0 aromatic heterocycles. The number of anilines is 1. The summed E-state index contributed by atoms with van der Waals surface area (Å²) < 4.78 is 33.1. The number of nitrogens with zero attached hydrogens (tertiary/aromatic N) is 1. The number of rotatable bonds is 7. The first-order valence-electron chi connectivity index (χ1n) is 8.87. The smallest absolute Gasteiger partial charge is 0.340 e. The number of carbonyl (C=O) groups excluding carboxylic acids is 1. The topological polar surface area (TPSA) is 63.7 Å². The maximum Gasteiger partial charge on any atom is 0.340 e. The minimum absolute atomic E-state index is 0.0194. The Morgan fingerprint density at radius 2 is 1.71 bits per heavy atom. The number of hydrogen-bond acceptors (Lipinski definition) is 4. The number of sulfonamides is 1. The zero-order valence-electron chi connectivity index (χ0n) is 15.5. The van der Waals surface area contributed by atoms with Gasteiger partial charge in [0, 0.05) is 0 Å². The van der Waals surface area contributed by atoms with Crippen LogP contribution in [0.5, 0.6) is 0 Å². The third-order valence-electron chi connectivity index (χ3n) is 4.27. The molecule has 0 heterocycles. The molecule has 0 unspecified atom stereocenters. The van der Waals surface area contributed by atoms with Crippen LogP contribution in [0.3, 0.4) is 0 Å². The van der Waals surface area contributed by atoms with Crippen molar-refractivity contribution in [2.75, 3.05) is 17.5 Å². The molecule has 0 bridgehead atoms. The lowest BCUT2D eigenvalue weighted by Gasteiger charge is -2.25. The molecule has 0 spiro atoms. The van der Waals surface area contributed by atoms with E-state index in [-0.39, 0.29) is 29.3 Å². The van der Waals surface area contributed by atoms with Crippen LogP contribution in [0.4, 0.5) is 5.69 Å². The molecule has 28 heavy (non-hydrogen) atoms. The van der Waals surface area contributed by atoms with E-state index in [1.807, 2.05) is 24.3 Å². The van der Waals surface area contributed by atoms with E-state index in [0.29, 0.717) is 0 Å². The largest absolute Gasteiger partial charge is 0.462 e. The minimum Gasteiger partial charge on any atom is -0.462 e. The zero-order chi connectivity index (χ0) is 20.1. The van der Waals surface area contributed by atoms with Crippen molar-refractivity contribution >= 4 is 32.5 Å². The van der Waals surface area contributed by atoms with Gasteiger partial charge in [-0.2, -0.15) is 0 Å². The Kier molecular flexibility index (Phi) is 5.80. The summed E-state index contributed by atoms with van der Waals surface area (Å²) in [6, 6.07) is 19.0. The molecule has 5 nitrogen and oxygen atoms in total. The SMILES string of the molecule is C=CCN(c1ccccc1C(=O)OCC)S(=O)(=O)c1ccc2ccccc2c1. The van der Waals surface area contributed by atoms with Gasteiger partial charge in [-0.3, -0.25) is 4.31 Å². The second-order valence-electron chi connectivity index (χ2n) is 6.07. The summed E-state index contributed by atoms with van der Waals surface area (Å²) >= 11 is 0. The van der Waals surface area contributed by atoms with Crippen molar-refractivity contribution in [2.24, 2.45) is 0 Å². The lowest BCUT2D eigenvalue weighted by Crippen LogP contribution is -2.32. The monoisotopic (exact) mass is 395 g/mol. The molecular weight excluding hydrogens is 374 g/mol. The third-order valence-corrected chi connectivity index (χ3v) is 6.05. The van der Waals surface area contributed by atoms with Crippen LogP contribution in [-0.4, -0.2) is 27.5 Å². The number of para-hydroxylation sites is 1. The number of carbonyl (C=O) groups is 1. The number of esters is 1. The van der Waals surface area contributed by atoms with Crippen molar-refractivity contribution in [3.8, 4) is 0 Å². The van der Waals surface area contributed by atoms with Gasteiger partial charge < -0.3 is 4.74 Å². The van der Waals surface area contributed by atoms with Crippen molar-refractivity contribution in [2.45, 2.75) is 11.8 Å². The van der Waals surface area contributed by atoms with Gasteiger partial charge in [0.05, 0.1) is 29.3 Å². The summed E-state index contributed by atoms with van der Waals surface area (Å²) in [6.07, 6.45) is 1.49. The summed E-state index contributed by atoms with van der Waals surface area (Å²) in [5, 5.41) is 1.77. The fourth-order valence-electron chi connectivity index (χ4n) is 2.97. The van der Waals surface area contributed by atoms with Gasteiger partial charge in [-0.25, -0.2) is 13.2 Å². The molecule has 0 radical (unpaired) electrons. The quantitative estimate of drug-likeness (QED) is 0.439. The summed E-state index contributed by atoms with van der Waals surface area (Å²) in [4.78, 5) is 12.5. The zero-order valence-corrected chi connectivity index (χ0v) is 16.4. The van der Waals surface area contributed by atoms with Crippen LogP contribution in [0.15, 0.2) is 84.3 Å². The van der Waals surface area contributed by atoms with Crippen LogP contribution >= 0.6 is 0 Å². The van der Waals surface area contributed by atoms with Gasteiger partial charge >= 0.3 is 5.97 Å². The van der Waals surface area contributed by atoms with Crippen molar-refractivity contribution in [1.82, 2.24) is 0 Å². The van der Waals surface area contributed by atoms with E-state index in [1.165, 1.54) is 10.4 Å². The molecule has 0 amide bonds. The van der Waals surface area contributed by atoms with Crippen molar-refractivity contribution in [3.63, 3.8) is 0 Å². The van der Waals surface area contributed by atoms with E-state index < -0.39 is 16.0 Å². The molecule has 0 saturated carbocycles. The number of hydrogen-bond donors (Lipinski definition) is 0. The highest BCUT2D eigenvalue weighted by molar-refractivity contribution is 7.92. The van der Waals surface area contributed by atoms with Crippen LogP contribution in [0.1, 0.15) is 17.3 Å². The highest BCUT2D eigenvalue weighted by Gasteiger charge is 2.28. The predicted octanol–water partition coefficient (Wildman–Crippen LogP) is 4.40. The molecular formula is C22H21NO4S. The van der Waals surface area contributed by atoms with Crippen LogP contribution in [-0.2, 0) is 14.8 Å². The summed E-state index contributed by atoms with van der Waals surface area (Å²) in [5.74, 6) is -0.569. The molecule has 3 rings (SSSR count). The fourth-order valence-corrected chi connectivity index (χ4v) is 4.46. The average Bonchev–Trinajstić information content (AvgIpc) is 2.71. The molecule has 144 valence electrons. The standard InChI is InChI=1S/C22H21NO4S/c1-3-15-23(21-12-8-7-11-20(21)22(24)27-4-2)28(25,26)19-14-13-17-9-5-6-10-18(17)16-19/h3,5-14,16H,1,4,15H2,2H3. The molecule has 0 fully saturated rings. The van der Waals surface area contributed by atoms with Gasteiger partial charge in [-0.1, -0.05) is 48.5 Å². The average molecular weight is 395 g/mol. The minimum atomic E-state index is -3.92. The second-order valence-corrected chi connectivity index (χ2v) is 7.93. The van der Waals surface area contributed by atoms with Crippen molar-refractivity contribution in [1.29, 1.82) is 0 Å². The van der Waals surface area contributed by atoms with E-state index in [2.05, 4.69) is 6.58 Å². The fraction of sp³-hybridized carbons (Fsp3) is 0.136. The van der Waals surface area contributed by atoms with Crippen molar-refractivity contribution in [3.05, 3.63) is 84.9 Å². The second kappa shape index (κ2) is 8.27. The van der Waals surface area contributed by atoms with Gasteiger partial charge in [0.1, 0.15) is 0 Å². The maximum absolute atomic E-state index is 13.4. The molecule has 0 N–H and O–H groups in total. The van der Waals surface area contributed by atoms with E-state index in [9.17, 15) is 13.2 Å². The van der Waals surface area contributed by atoms with E-state index in [1.54, 1.807) is 49.4 Å². The first-order chi connectivity index (χ1) is 13.5. The first-order valence-corrected chi connectivity index (χ1v) is 10.3. The van der Waals surface area contributed by atoms with Crippen LogP contribution in [0, 0.1) is 0 Å². The first kappa shape index (κ1) is 19.6. The van der Waals surface area contributed by atoms with Gasteiger partial charge in [0.15, 0.2) is 0 Å². The number of ether oxygens (including phenoxy) is 1.